The summed E-state index contributed by atoms with van der Waals surface area (Å²) in [7, 11) is -3.65. The summed E-state index contributed by atoms with van der Waals surface area (Å²) >= 11 is 0. The van der Waals surface area contributed by atoms with Crippen LogP contribution in [-0.2, 0) is 23.1 Å². The lowest BCUT2D eigenvalue weighted by molar-refractivity contribution is 0.347. The van der Waals surface area contributed by atoms with E-state index in [0.717, 1.165) is 24.8 Å². The Kier molecular flexibility index (Phi) is 5.80. The van der Waals surface area contributed by atoms with E-state index in [1.807, 2.05) is 30.3 Å². The number of aromatic nitrogens is 1. The minimum Gasteiger partial charge on any atom is -0.505 e. The van der Waals surface area contributed by atoms with Crippen molar-refractivity contribution in [1.29, 1.82) is 0 Å². The van der Waals surface area contributed by atoms with Gasteiger partial charge in [-0.3, -0.25) is 4.98 Å². The number of phenols is 1. The molecule has 2 aromatic carbocycles. The fourth-order valence-electron chi connectivity index (χ4n) is 3.78. The van der Waals surface area contributed by atoms with Gasteiger partial charge in [-0.2, -0.15) is 4.31 Å². The topological polar surface area (TPSA) is 82.5 Å². The van der Waals surface area contributed by atoms with Crippen LogP contribution in [0.2, 0.25) is 0 Å². The van der Waals surface area contributed by atoms with Gasteiger partial charge in [0.05, 0.1) is 4.90 Å². The van der Waals surface area contributed by atoms with Crippen molar-refractivity contribution in [3.05, 3.63) is 65.9 Å². The van der Waals surface area contributed by atoms with Crippen LogP contribution in [0, 0.1) is 0 Å². The second-order valence-corrected chi connectivity index (χ2v) is 9.24. The lowest BCUT2D eigenvalue weighted by atomic mass is 10.1. The molecular formula is C22H25N3O3S. The average Bonchev–Trinajstić information content (AvgIpc) is 2.76. The Morgan fingerprint density at radius 3 is 2.52 bits per heavy atom. The van der Waals surface area contributed by atoms with Gasteiger partial charge in [-0.1, -0.05) is 36.8 Å². The standard InChI is InChI=1S/C22H25N3O3S/c26-22-18(16-23-15-17-8-3-1-4-9-17)14-20(19-10-7-11-24-21(19)22)29(27,28)25-12-5-2-6-13-25/h1,3-4,7-11,14,23,26H,2,5-6,12-13,15-16H2. The molecule has 1 fully saturated rings. The highest BCUT2D eigenvalue weighted by Gasteiger charge is 2.29. The van der Waals surface area contributed by atoms with Crippen LogP contribution in [0.1, 0.15) is 30.4 Å². The molecule has 6 nitrogen and oxygen atoms in total. The van der Waals surface area contributed by atoms with E-state index in [0.29, 0.717) is 42.6 Å². The number of pyridine rings is 1. The van der Waals surface area contributed by atoms with E-state index in [1.165, 1.54) is 0 Å². The van der Waals surface area contributed by atoms with Crippen LogP contribution in [0.3, 0.4) is 0 Å². The second kappa shape index (κ2) is 8.49. The van der Waals surface area contributed by atoms with E-state index in [-0.39, 0.29) is 10.6 Å². The summed E-state index contributed by atoms with van der Waals surface area (Å²) in [5.74, 6) is 0.0266. The molecule has 0 aliphatic carbocycles. The summed E-state index contributed by atoms with van der Waals surface area (Å²) < 4.78 is 28.3. The van der Waals surface area contributed by atoms with Gasteiger partial charge < -0.3 is 10.4 Å². The molecule has 0 atom stereocenters. The van der Waals surface area contributed by atoms with E-state index in [2.05, 4.69) is 10.3 Å². The first-order valence-corrected chi connectivity index (χ1v) is 11.4. The first-order valence-electron chi connectivity index (χ1n) is 9.92. The molecule has 7 heteroatoms. The predicted molar refractivity (Wildman–Crippen MR) is 113 cm³/mol. The fraction of sp³-hybridized carbons (Fsp3) is 0.318. The molecule has 0 unspecified atom stereocenters. The largest absolute Gasteiger partial charge is 0.505 e. The summed E-state index contributed by atoms with van der Waals surface area (Å²) in [5.41, 5.74) is 1.97. The van der Waals surface area contributed by atoms with Crippen molar-refractivity contribution in [3.63, 3.8) is 0 Å². The van der Waals surface area contributed by atoms with Crippen LogP contribution in [-0.4, -0.2) is 35.9 Å². The third kappa shape index (κ3) is 4.12. The molecule has 3 aromatic rings. The van der Waals surface area contributed by atoms with Crippen molar-refractivity contribution >= 4 is 20.9 Å². The first-order chi connectivity index (χ1) is 14.1. The first kappa shape index (κ1) is 19.8. The maximum Gasteiger partial charge on any atom is 0.243 e. The van der Waals surface area contributed by atoms with Gasteiger partial charge in [-0.05, 0) is 36.6 Å². The van der Waals surface area contributed by atoms with Crippen molar-refractivity contribution in [2.75, 3.05) is 13.1 Å². The number of nitrogens with one attached hydrogen (secondary N) is 1. The van der Waals surface area contributed by atoms with Crippen LogP contribution < -0.4 is 5.32 Å². The molecule has 1 aliphatic heterocycles. The van der Waals surface area contributed by atoms with E-state index in [4.69, 9.17) is 0 Å². The molecular weight excluding hydrogens is 386 g/mol. The Morgan fingerprint density at radius 2 is 1.76 bits per heavy atom. The molecule has 0 spiro atoms. The lowest BCUT2D eigenvalue weighted by Gasteiger charge is -2.26. The third-order valence-electron chi connectivity index (χ3n) is 5.33. The van der Waals surface area contributed by atoms with Crippen molar-refractivity contribution in [1.82, 2.24) is 14.6 Å². The fourth-order valence-corrected chi connectivity index (χ4v) is 5.53. The number of phenolic OH excluding ortho intramolecular Hbond substituents is 1. The lowest BCUT2D eigenvalue weighted by Crippen LogP contribution is -2.35. The summed E-state index contributed by atoms with van der Waals surface area (Å²) in [5, 5.41) is 14.5. The van der Waals surface area contributed by atoms with Gasteiger partial charge >= 0.3 is 0 Å². The van der Waals surface area contributed by atoms with Gasteiger partial charge in [0.2, 0.25) is 10.0 Å². The highest BCUT2D eigenvalue weighted by Crippen LogP contribution is 2.34. The van der Waals surface area contributed by atoms with Crippen molar-refractivity contribution in [2.45, 2.75) is 37.2 Å². The molecule has 4 rings (SSSR count). The number of fused-ring (bicyclic) bond motifs is 1. The van der Waals surface area contributed by atoms with Crippen LogP contribution in [0.4, 0.5) is 0 Å². The van der Waals surface area contributed by atoms with E-state index >= 15 is 0 Å². The molecule has 1 aliphatic rings. The smallest absolute Gasteiger partial charge is 0.243 e. The molecule has 0 radical (unpaired) electrons. The number of benzene rings is 2. The Hall–Kier alpha value is -2.48. The monoisotopic (exact) mass is 411 g/mol. The molecule has 0 bridgehead atoms. The number of hydrogen-bond acceptors (Lipinski definition) is 5. The highest BCUT2D eigenvalue weighted by atomic mass is 32.2. The molecule has 1 saturated heterocycles. The van der Waals surface area contributed by atoms with Crippen molar-refractivity contribution < 1.29 is 13.5 Å². The SMILES string of the molecule is O=S(=O)(c1cc(CNCc2ccccc2)c(O)c2ncccc12)N1CCCCC1. The minimum atomic E-state index is -3.65. The van der Waals surface area contributed by atoms with Crippen molar-refractivity contribution in [2.24, 2.45) is 0 Å². The second-order valence-electron chi connectivity index (χ2n) is 7.34. The number of hydrogen-bond donors (Lipinski definition) is 2. The molecule has 2 heterocycles. The molecule has 152 valence electrons. The molecule has 0 saturated carbocycles. The molecule has 2 N–H and O–H groups in total. The minimum absolute atomic E-state index is 0.0266. The van der Waals surface area contributed by atoms with Gasteiger partial charge in [0.15, 0.2) is 0 Å². The molecule has 29 heavy (non-hydrogen) atoms. The van der Waals surface area contributed by atoms with E-state index in [1.54, 1.807) is 28.7 Å². The number of aromatic hydroxyl groups is 1. The average molecular weight is 412 g/mol. The zero-order chi connectivity index (χ0) is 20.3. The van der Waals surface area contributed by atoms with Crippen LogP contribution >= 0.6 is 0 Å². The van der Waals surface area contributed by atoms with E-state index < -0.39 is 10.0 Å². The van der Waals surface area contributed by atoms with Crippen LogP contribution in [0.15, 0.2) is 59.6 Å². The Labute approximate surface area is 171 Å². The zero-order valence-electron chi connectivity index (χ0n) is 16.2. The maximum atomic E-state index is 13.4. The maximum absolute atomic E-state index is 13.4. The Bertz CT molecular complexity index is 1090. The molecule has 0 amide bonds. The summed E-state index contributed by atoms with van der Waals surface area (Å²) in [6.07, 6.45) is 4.37. The Balaban J connectivity index is 1.69. The number of sulfonamides is 1. The van der Waals surface area contributed by atoms with Gasteiger partial charge in [0.25, 0.3) is 0 Å². The van der Waals surface area contributed by atoms with Crippen molar-refractivity contribution in [3.8, 4) is 5.75 Å². The van der Waals surface area contributed by atoms with Gasteiger partial charge in [0.1, 0.15) is 11.3 Å². The van der Waals surface area contributed by atoms with Gasteiger partial charge in [-0.25, -0.2) is 8.42 Å². The Morgan fingerprint density at radius 1 is 1.00 bits per heavy atom. The highest BCUT2D eigenvalue weighted by molar-refractivity contribution is 7.89. The number of nitrogens with zero attached hydrogens (tertiary/aromatic N) is 2. The molecule has 1 aromatic heterocycles. The third-order valence-corrected chi connectivity index (χ3v) is 7.27. The van der Waals surface area contributed by atoms with E-state index in [9.17, 15) is 13.5 Å². The number of piperidine rings is 1. The van der Waals surface area contributed by atoms with Gasteiger partial charge in [-0.15, -0.1) is 0 Å². The normalized spacial score (nSPS) is 15.6. The van der Waals surface area contributed by atoms with Gasteiger partial charge in [0, 0.05) is 43.3 Å². The number of rotatable bonds is 6. The zero-order valence-corrected chi connectivity index (χ0v) is 17.0. The quantitative estimate of drug-likeness (QED) is 0.650. The summed E-state index contributed by atoms with van der Waals surface area (Å²) in [6, 6.07) is 14.9. The predicted octanol–water partition coefficient (Wildman–Crippen LogP) is 3.40. The van der Waals surface area contributed by atoms with Crippen LogP contribution in [0.25, 0.3) is 10.9 Å². The summed E-state index contributed by atoms with van der Waals surface area (Å²) in [4.78, 5) is 4.49. The van der Waals surface area contributed by atoms with Crippen LogP contribution in [0.5, 0.6) is 5.75 Å². The summed E-state index contributed by atoms with van der Waals surface area (Å²) in [6.45, 7) is 2.03.